The highest BCUT2D eigenvalue weighted by Crippen LogP contribution is 2.37. The Labute approximate surface area is 158 Å². The molecule has 1 atom stereocenters. The number of hydrogen-bond acceptors (Lipinski definition) is 2. The van der Waals surface area contributed by atoms with Crippen molar-refractivity contribution in [1.29, 1.82) is 0 Å². The molecule has 2 aromatic carbocycles. The van der Waals surface area contributed by atoms with Gasteiger partial charge in [-0.25, -0.2) is 0 Å². The molecule has 0 radical (unpaired) electrons. The Hall–Kier alpha value is -1.71. The standard InChI is InChI=1S/C20H21Cl2NO2/c1-25-15-11-9-14(10-12-15)19(13-5-2-3-6-13)23-20(24)16-7-4-8-17(21)18(16)22/h4,7-13,19H,2-3,5-6H2,1H3,(H,23,24). The van der Waals surface area contributed by atoms with E-state index in [-0.39, 0.29) is 11.9 Å². The summed E-state index contributed by atoms with van der Waals surface area (Å²) in [6, 6.07) is 13.0. The van der Waals surface area contributed by atoms with Crippen LogP contribution in [0, 0.1) is 5.92 Å². The molecule has 1 unspecified atom stereocenters. The normalized spacial score (nSPS) is 15.8. The Morgan fingerprint density at radius 2 is 1.80 bits per heavy atom. The SMILES string of the molecule is COc1ccc(C(NC(=O)c2cccc(Cl)c2Cl)C2CCCC2)cc1. The number of nitrogens with one attached hydrogen (secondary N) is 1. The summed E-state index contributed by atoms with van der Waals surface area (Å²) in [4.78, 5) is 12.8. The van der Waals surface area contributed by atoms with Crippen LogP contribution in [0.5, 0.6) is 5.75 Å². The molecule has 0 bridgehead atoms. The minimum atomic E-state index is -0.194. The first kappa shape index (κ1) is 18.1. The van der Waals surface area contributed by atoms with E-state index >= 15 is 0 Å². The molecule has 0 saturated heterocycles. The number of rotatable bonds is 5. The third kappa shape index (κ3) is 4.10. The number of amides is 1. The minimum absolute atomic E-state index is 0.0454. The van der Waals surface area contributed by atoms with Crippen LogP contribution in [0.3, 0.4) is 0 Å². The van der Waals surface area contributed by atoms with Crippen LogP contribution < -0.4 is 10.1 Å². The number of halogens is 2. The lowest BCUT2D eigenvalue weighted by Crippen LogP contribution is -2.33. The smallest absolute Gasteiger partial charge is 0.253 e. The molecule has 25 heavy (non-hydrogen) atoms. The van der Waals surface area contributed by atoms with Crippen LogP contribution in [-0.4, -0.2) is 13.0 Å². The average molecular weight is 378 g/mol. The molecular formula is C20H21Cl2NO2. The first-order valence-corrected chi connectivity index (χ1v) is 9.24. The number of ether oxygens (including phenoxy) is 1. The van der Waals surface area contributed by atoms with Gasteiger partial charge in [0, 0.05) is 0 Å². The fourth-order valence-corrected chi connectivity index (χ4v) is 3.86. The summed E-state index contributed by atoms with van der Waals surface area (Å²) in [5, 5.41) is 3.85. The van der Waals surface area contributed by atoms with E-state index in [1.165, 1.54) is 12.8 Å². The lowest BCUT2D eigenvalue weighted by Gasteiger charge is -2.26. The minimum Gasteiger partial charge on any atom is -0.497 e. The van der Waals surface area contributed by atoms with Gasteiger partial charge < -0.3 is 10.1 Å². The quantitative estimate of drug-likeness (QED) is 0.729. The molecule has 1 amide bonds. The van der Waals surface area contributed by atoms with E-state index in [1.54, 1.807) is 25.3 Å². The van der Waals surface area contributed by atoms with Gasteiger partial charge in [-0.3, -0.25) is 4.79 Å². The Kier molecular flexibility index (Phi) is 5.87. The van der Waals surface area contributed by atoms with Crippen molar-refractivity contribution in [1.82, 2.24) is 5.32 Å². The van der Waals surface area contributed by atoms with Crippen molar-refractivity contribution >= 4 is 29.1 Å². The number of methoxy groups -OCH3 is 1. The topological polar surface area (TPSA) is 38.3 Å². The second-order valence-corrected chi connectivity index (χ2v) is 7.16. The van der Waals surface area contributed by atoms with E-state index in [2.05, 4.69) is 5.32 Å². The summed E-state index contributed by atoms with van der Waals surface area (Å²) in [5.41, 5.74) is 1.49. The molecule has 3 nitrogen and oxygen atoms in total. The second kappa shape index (κ2) is 8.11. The molecule has 0 heterocycles. The summed E-state index contributed by atoms with van der Waals surface area (Å²) in [7, 11) is 1.65. The third-order valence-electron chi connectivity index (χ3n) is 4.83. The highest BCUT2D eigenvalue weighted by Gasteiger charge is 2.28. The Morgan fingerprint density at radius 1 is 1.12 bits per heavy atom. The van der Waals surface area contributed by atoms with Gasteiger partial charge in [0.25, 0.3) is 5.91 Å². The van der Waals surface area contributed by atoms with Crippen molar-refractivity contribution in [2.24, 2.45) is 5.92 Å². The third-order valence-corrected chi connectivity index (χ3v) is 5.65. The van der Waals surface area contributed by atoms with Crippen LogP contribution in [0.15, 0.2) is 42.5 Å². The molecule has 5 heteroatoms. The van der Waals surface area contributed by atoms with E-state index < -0.39 is 0 Å². The fourth-order valence-electron chi connectivity index (χ4n) is 3.47. The molecule has 2 aromatic rings. The zero-order chi connectivity index (χ0) is 17.8. The van der Waals surface area contributed by atoms with Crippen molar-refractivity contribution in [3.05, 3.63) is 63.6 Å². The van der Waals surface area contributed by atoms with Crippen molar-refractivity contribution in [2.75, 3.05) is 7.11 Å². The number of carbonyl (C=O) groups is 1. The monoisotopic (exact) mass is 377 g/mol. The van der Waals surface area contributed by atoms with Gasteiger partial charge in [0.2, 0.25) is 0 Å². The summed E-state index contributed by atoms with van der Waals surface area (Å²) >= 11 is 12.3. The van der Waals surface area contributed by atoms with Crippen molar-refractivity contribution < 1.29 is 9.53 Å². The Balaban J connectivity index is 1.86. The molecule has 0 spiro atoms. The van der Waals surface area contributed by atoms with E-state index in [0.717, 1.165) is 24.2 Å². The highest BCUT2D eigenvalue weighted by molar-refractivity contribution is 6.43. The van der Waals surface area contributed by atoms with Crippen LogP contribution in [0.1, 0.15) is 47.6 Å². The maximum absolute atomic E-state index is 12.8. The van der Waals surface area contributed by atoms with E-state index in [9.17, 15) is 4.79 Å². The van der Waals surface area contributed by atoms with Gasteiger partial charge in [-0.1, -0.05) is 54.2 Å². The van der Waals surface area contributed by atoms with Crippen molar-refractivity contribution in [2.45, 2.75) is 31.7 Å². The average Bonchev–Trinajstić information content (AvgIpc) is 3.16. The number of carbonyl (C=O) groups excluding carboxylic acids is 1. The van der Waals surface area contributed by atoms with Gasteiger partial charge in [-0.05, 0) is 48.6 Å². The largest absolute Gasteiger partial charge is 0.497 e. The maximum Gasteiger partial charge on any atom is 0.253 e. The Morgan fingerprint density at radius 3 is 2.44 bits per heavy atom. The second-order valence-electron chi connectivity index (χ2n) is 6.37. The molecule has 1 fully saturated rings. The van der Waals surface area contributed by atoms with E-state index in [0.29, 0.717) is 21.5 Å². The molecule has 3 rings (SSSR count). The molecular weight excluding hydrogens is 357 g/mol. The van der Waals surface area contributed by atoms with Crippen molar-refractivity contribution in [3.8, 4) is 5.75 Å². The predicted molar refractivity (Wildman–Crippen MR) is 102 cm³/mol. The van der Waals surface area contributed by atoms with Gasteiger partial charge in [0.15, 0.2) is 0 Å². The summed E-state index contributed by atoms with van der Waals surface area (Å²) in [6.07, 6.45) is 4.62. The zero-order valence-corrected chi connectivity index (χ0v) is 15.6. The summed E-state index contributed by atoms with van der Waals surface area (Å²) < 4.78 is 5.23. The number of benzene rings is 2. The Bertz CT molecular complexity index is 740. The zero-order valence-electron chi connectivity index (χ0n) is 14.1. The first-order chi connectivity index (χ1) is 12.1. The lowest BCUT2D eigenvalue weighted by molar-refractivity contribution is 0.0922. The molecule has 1 aliphatic rings. The van der Waals surface area contributed by atoms with Crippen LogP contribution in [0.2, 0.25) is 10.0 Å². The molecule has 1 N–H and O–H groups in total. The van der Waals surface area contributed by atoms with E-state index in [1.807, 2.05) is 24.3 Å². The van der Waals surface area contributed by atoms with Gasteiger partial charge >= 0.3 is 0 Å². The molecule has 0 aliphatic heterocycles. The first-order valence-electron chi connectivity index (χ1n) is 8.49. The maximum atomic E-state index is 12.8. The number of hydrogen-bond donors (Lipinski definition) is 1. The summed E-state index contributed by atoms with van der Waals surface area (Å²) in [6.45, 7) is 0. The van der Waals surface area contributed by atoms with Gasteiger partial charge in [0.05, 0.1) is 28.8 Å². The van der Waals surface area contributed by atoms with Crippen LogP contribution in [0.4, 0.5) is 0 Å². The predicted octanol–water partition coefficient (Wildman–Crippen LogP) is 5.66. The molecule has 0 aromatic heterocycles. The molecule has 1 saturated carbocycles. The van der Waals surface area contributed by atoms with Crippen molar-refractivity contribution in [3.63, 3.8) is 0 Å². The highest BCUT2D eigenvalue weighted by atomic mass is 35.5. The van der Waals surface area contributed by atoms with Crippen LogP contribution >= 0.6 is 23.2 Å². The van der Waals surface area contributed by atoms with Crippen LogP contribution in [0.25, 0.3) is 0 Å². The van der Waals surface area contributed by atoms with Gasteiger partial charge in [0.1, 0.15) is 5.75 Å². The van der Waals surface area contributed by atoms with Crippen LogP contribution in [-0.2, 0) is 0 Å². The van der Waals surface area contributed by atoms with Gasteiger partial charge in [-0.15, -0.1) is 0 Å². The summed E-state index contributed by atoms with van der Waals surface area (Å²) in [5.74, 6) is 1.04. The molecule has 1 aliphatic carbocycles. The van der Waals surface area contributed by atoms with E-state index in [4.69, 9.17) is 27.9 Å². The fraction of sp³-hybridized carbons (Fsp3) is 0.350. The lowest BCUT2D eigenvalue weighted by atomic mass is 9.91. The molecule has 132 valence electrons. The van der Waals surface area contributed by atoms with Gasteiger partial charge in [-0.2, -0.15) is 0 Å².